The highest BCUT2D eigenvalue weighted by Gasteiger charge is 2.30. The first-order chi connectivity index (χ1) is 11.8. The van der Waals surface area contributed by atoms with E-state index in [1.807, 2.05) is 6.92 Å². The molecule has 0 N–H and O–H groups in total. The minimum absolute atomic E-state index is 0.00328. The second-order valence-corrected chi connectivity index (χ2v) is 7.78. The molecule has 0 bridgehead atoms. The summed E-state index contributed by atoms with van der Waals surface area (Å²) in [4.78, 5) is 17.1. The Labute approximate surface area is 150 Å². The molecule has 6 nitrogen and oxygen atoms in total. The zero-order valence-electron chi connectivity index (χ0n) is 13.7. The molecule has 1 aromatic carbocycles. The maximum absolute atomic E-state index is 12.8. The summed E-state index contributed by atoms with van der Waals surface area (Å²) in [5, 5.41) is 0.396. The molecule has 1 amide bonds. The Morgan fingerprint density at radius 3 is 2.56 bits per heavy atom. The molecule has 3 rings (SSSR count). The van der Waals surface area contributed by atoms with Crippen LogP contribution in [0, 0.1) is 6.92 Å². The fourth-order valence-electron chi connectivity index (χ4n) is 2.56. The van der Waals surface area contributed by atoms with Crippen LogP contribution in [0.2, 0.25) is 5.02 Å². The Morgan fingerprint density at radius 1 is 1.24 bits per heavy atom. The van der Waals surface area contributed by atoms with Gasteiger partial charge in [-0.05, 0) is 37.6 Å². The monoisotopic (exact) mass is 377 g/mol. The molecule has 0 saturated carbocycles. The number of benzene rings is 1. The van der Waals surface area contributed by atoms with Gasteiger partial charge in [0, 0.05) is 18.9 Å². The number of hydrogen-bond acceptors (Lipinski definition) is 4. The summed E-state index contributed by atoms with van der Waals surface area (Å²) in [6, 6.07) is 9.57. The van der Waals surface area contributed by atoms with Gasteiger partial charge in [-0.1, -0.05) is 29.8 Å². The summed E-state index contributed by atoms with van der Waals surface area (Å²) in [6.45, 7) is 3.47. The molecule has 25 heavy (non-hydrogen) atoms. The summed E-state index contributed by atoms with van der Waals surface area (Å²) in [7, 11) is -3.95. The first-order valence-corrected chi connectivity index (χ1v) is 9.43. The Kier molecular flexibility index (Phi) is 4.53. The van der Waals surface area contributed by atoms with Crippen LogP contribution in [0.15, 0.2) is 53.7 Å². The number of hydrogen-bond donors (Lipinski definition) is 0. The van der Waals surface area contributed by atoms with E-state index in [1.54, 1.807) is 41.8 Å². The number of carbonyl (C=O) groups is 1. The zero-order chi connectivity index (χ0) is 18.2. The molecule has 2 heterocycles. The van der Waals surface area contributed by atoms with E-state index in [2.05, 4.69) is 4.98 Å². The van der Waals surface area contributed by atoms with Crippen LogP contribution in [0.4, 0.5) is 0 Å². The van der Waals surface area contributed by atoms with E-state index >= 15 is 0 Å². The van der Waals surface area contributed by atoms with Gasteiger partial charge in [0.2, 0.25) is 0 Å². The molecule has 2 aromatic heterocycles. The molecular weight excluding hydrogens is 362 g/mol. The molecule has 0 spiro atoms. The standard InChI is InChI=1S/C17H16ClN3O3S/c1-3-21(25(23,24)13-7-5-4-6-8-13)17(22)15-11-20-10-12(2)9-14(18)16(20)19-15/h4-11H,3H2,1-2H3. The maximum Gasteiger partial charge on any atom is 0.287 e. The van der Waals surface area contributed by atoms with E-state index in [-0.39, 0.29) is 17.1 Å². The highest BCUT2D eigenvalue weighted by molar-refractivity contribution is 7.89. The molecule has 0 saturated heterocycles. The van der Waals surface area contributed by atoms with E-state index in [0.717, 1.165) is 9.87 Å². The number of amides is 1. The van der Waals surface area contributed by atoms with Crippen LogP contribution >= 0.6 is 11.6 Å². The predicted octanol–water partition coefficient (Wildman–Crippen LogP) is 3.15. The van der Waals surface area contributed by atoms with Gasteiger partial charge in [0.15, 0.2) is 5.65 Å². The molecule has 0 unspecified atom stereocenters. The smallest absolute Gasteiger partial charge is 0.287 e. The average molecular weight is 378 g/mol. The number of nitrogens with zero attached hydrogens (tertiary/aromatic N) is 3. The lowest BCUT2D eigenvalue weighted by Crippen LogP contribution is -2.36. The van der Waals surface area contributed by atoms with Gasteiger partial charge in [0.05, 0.1) is 9.92 Å². The highest BCUT2D eigenvalue weighted by atomic mass is 35.5. The largest absolute Gasteiger partial charge is 0.305 e. The van der Waals surface area contributed by atoms with Gasteiger partial charge in [-0.15, -0.1) is 0 Å². The number of carbonyl (C=O) groups excluding carboxylic acids is 1. The number of sulfonamides is 1. The van der Waals surface area contributed by atoms with Crippen LogP contribution in [0.1, 0.15) is 23.0 Å². The van der Waals surface area contributed by atoms with Gasteiger partial charge in [-0.3, -0.25) is 4.79 Å². The summed E-state index contributed by atoms with van der Waals surface area (Å²) in [6.07, 6.45) is 3.26. The summed E-state index contributed by atoms with van der Waals surface area (Å²) in [5.41, 5.74) is 1.33. The van der Waals surface area contributed by atoms with Crippen molar-refractivity contribution in [2.75, 3.05) is 6.54 Å². The van der Waals surface area contributed by atoms with Crippen LogP contribution < -0.4 is 0 Å². The van der Waals surface area contributed by atoms with E-state index in [9.17, 15) is 13.2 Å². The maximum atomic E-state index is 12.8. The molecular formula is C17H16ClN3O3S. The van der Waals surface area contributed by atoms with Crippen LogP contribution in [0.25, 0.3) is 5.65 Å². The average Bonchev–Trinajstić information content (AvgIpc) is 3.00. The van der Waals surface area contributed by atoms with Crippen LogP contribution in [-0.4, -0.2) is 34.6 Å². The fraction of sp³-hybridized carbons (Fsp3) is 0.176. The highest BCUT2D eigenvalue weighted by Crippen LogP contribution is 2.21. The Morgan fingerprint density at radius 2 is 1.92 bits per heavy atom. The number of halogens is 1. The predicted molar refractivity (Wildman–Crippen MR) is 95.3 cm³/mol. The van der Waals surface area contributed by atoms with Crippen molar-refractivity contribution in [3.8, 4) is 0 Å². The second-order valence-electron chi connectivity index (χ2n) is 5.51. The topological polar surface area (TPSA) is 71.8 Å². The lowest BCUT2D eigenvalue weighted by molar-refractivity contribution is 0.0861. The minimum Gasteiger partial charge on any atom is -0.305 e. The van der Waals surface area contributed by atoms with Crippen LogP contribution in [-0.2, 0) is 10.0 Å². The summed E-state index contributed by atoms with van der Waals surface area (Å²) < 4.78 is 27.9. The van der Waals surface area contributed by atoms with E-state index < -0.39 is 15.9 Å². The Bertz CT molecular complexity index is 1050. The lowest BCUT2D eigenvalue weighted by Gasteiger charge is -2.19. The number of pyridine rings is 1. The van der Waals surface area contributed by atoms with E-state index in [4.69, 9.17) is 11.6 Å². The van der Waals surface area contributed by atoms with Crippen molar-refractivity contribution in [1.82, 2.24) is 13.7 Å². The molecule has 0 fully saturated rings. The third kappa shape index (κ3) is 3.12. The third-order valence-electron chi connectivity index (χ3n) is 3.71. The normalized spacial score (nSPS) is 11.6. The zero-order valence-corrected chi connectivity index (χ0v) is 15.3. The van der Waals surface area contributed by atoms with Crippen LogP contribution in [0.3, 0.4) is 0 Å². The molecule has 8 heteroatoms. The second kappa shape index (κ2) is 6.50. The van der Waals surface area contributed by atoms with Gasteiger partial charge in [-0.25, -0.2) is 17.7 Å². The van der Waals surface area contributed by atoms with Crippen LogP contribution in [0.5, 0.6) is 0 Å². The van der Waals surface area contributed by atoms with Crippen molar-refractivity contribution < 1.29 is 13.2 Å². The van der Waals surface area contributed by atoms with Gasteiger partial charge in [0.1, 0.15) is 5.69 Å². The molecule has 0 radical (unpaired) electrons. The van der Waals surface area contributed by atoms with Gasteiger partial charge < -0.3 is 4.40 Å². The molecule has 0 atom stereocenters. The SMILES string of the molecule is CCN(C(=O)c1cn2cc(C)cc(Cl)c2n1)S(=O)(=O)c1ccccc1. The minimum atomic E-state index is -3.95. The van der Waals surface area contributed by atoms with Crippen molar-refractivity contribution in [3.05, 3.63) is 65.1 Å². The lowest BCUT2D eigenvalue weighted by atomic mass is 10.3. The van der Waals surface area contributed by atoms with Crippen molar-refractivity contribution in [1.29, 1.82) is 0 Å². The molecule has 0 aliphatic heterocycles. The number of aryl methyl sites for hydroxylation is 1. The van der Waals surface area contributed by atoms with E-state index in [0.29, 0.717) is 10.7 Å². The first kappa shape index (κ1) is 17.4. The van der Waals surface area contributed by atoms with E-state index in [1.165, 1.54) is 18.3 Å². The number of aromatic nitrogens is 2. The van der Waals surface area contributed by atoms with Crippen molar-refractivity contribution in [2.24, 2.45) is 0 Å². The van der Waals surface area contributed by atoms with Gasteiger partial charge in [-0.2, -0.15) is 0 Å². The van der Waals surface area contributed by atoms with Gasteiger partial charge >= 0.3 is 0 Å². The Hall–Kier alpha value is -2.38. The number of rotatable bonds is 4. The fourth-order valence-corrected chi connectivity index (χ4v) is 4.28. The number of imidazole rings is 1. The van der Waals surface area contributed by atoms with Crippen molar-refractivity contribution in [3.63, 3.8) is 0 Å². The molecule has 0 aliphatic rings. The Balaban J connectivity index is 2.05. The van der Waals surface area contributed by atoms with Crippen molar-refractivity contribution >= 4 is 33.2 Å². The summed E-state index contributed by atoms with van der Waals surface area (Å²) >= 11 is 6.15. The molecule has 130 valence electrons. The third-order valence-corrected chi connectivity index (χ3v) is 5.86. The molecule has 3 aromatic rings. The van der Waals surface area contributed by atoms with Crippen molar-refractivity contribution in [2.45, 2.75) is 18.7 Å². The van der Waals surface area contributed by atoms with Gasteiger partial charge in [0.25, 0.3) is 15.9 Å². The molecule has 0 aliphatic carbocycles. The number of fused-ring (bicyclic) bond motifs is 1. The first-order valence-electron chi connectivity index (χ1n) is 7.61. The quantitative estimate of drug-likeness (QED) is 0.700. The summed E-state index contributed by atoms with van der Waals surface area (Å²) in [5.74, 6) is -0.691.